The van der Waals surface area contributed by atoms with E-state index in [1.807, 2.05) is 0 Å². The molecule has 1 aliphatic carbocycles. The predicted octanol–water partition coefficient (Wildman–Crippen LogP) is 3.50. The van der Waals surface area contributed by atoms with Crippen molar-refractivity contribution in [1.82, 2.24) is 0 Å². The van der Waals surface area contributed by atoms with Gasteiger partial charge in [0.25, 0.3) is 5.69 Å². The van der Waals surface area contributed by atoms with Crippen LogP contribution in [0.3, 0.4) is 0 Å². The lowest BCUT2D eigenvalue weighted by Crippen LogP contribution is -2.23. The van der Waals surface area contributed by atoms with Crippen molar-refractivity contribution in [2.75, 3.05) is 0 Å². The van der Waals surface area contributed by atoms with E-state index in [4.69, 9.17) is 16.3 Å². The molecule has 0 saturated heterocycles. The number of nitro groups is 1. The van der Waals surface area contributed by atoms with Crippen molar-refractivity contribution in [3.8, 4) is 5.75 Å². The summed E-state index contributed by atoms with van der Waals surface area (Å²) in [7, 11) is 0. The number of nitro benzene ring substituents is 1. The lowest BCUT2D eigenvalue weighted by molar-refractivity contribution is -0.384. The van der Waals surface area contributed by atoms with Crippen LogP contribution in [-0.4, -0.2) is 16.5 Å². The fourth-order valence-electron chi connectivity index (χ4n) is 2.17. The molecular weight excluding hydrogens is 322 g/mol. The zero-order valence-corrected chi connectivity index (χ0v) is 12.2. The molecule has 0 N–H and O–H groups in total. The average molecular weight is 330 g/mol. The molecule has 0 heterocycles. The maximum Gasteiger partial charge on any atom is 0.269 e. The Kier molecular flexibility index (Phi) is 3.67. The molecule has 1 aliphatic rings. The Hall–Kier alpha value is -2.99. The first-order valence-corrected chi connectivity index (χ1v) is 6.87. The molecule has 0 aromatic heterocycles. The maximum absolute atomic E-state index is 12.4. The van der Waals surface area contributed by atoms with Crippen molar-refractivity contribution >= 4 is 28.9 Å². The van der Waals surface area contributed by atoms with Crippen LogP contribution in [-0.2, 0) is 0 Å². The topological polar surface area (TPSA) is 86.5 Å². The molecule has 2 aromatic rings. The molecule has 0 fully saturated rings. The number of ketones is 2. The van der Waals surface area contributed by atoms with Gasteiger partial charge in [-0.25, -0.2) is 0 Å². The molecule has 0 aliphatic heterocycles. The van der Waals surface area contributed by atoms with Crippen molar-refractivity contribution in [1.29, 1.82) is 0 Å². The molecule has 23 heavy (non-hydrogen) atoms. The van der Waals surface area contributed by atoms with Crippen molar-refractivity contribution in [3.63, 3.8) is 0 Å². The number of benzene rings is 2. The lowest BCUT2D eigenvalue weighted by Gasteiger charge is -2.17. The average Bonchev–Trinajstić information content (AvgIpc) is 2.57. The lowest BCUT2D eigenvalue weighted by atomic mass is 9.93. The van der Waals surface area contributed by atoms with Gasteiger partial charge in [0, 0.05) is 23.3 Å². The van der Waals surface area contributed by atoms with Crippen LogP contribution in [0.15, 0.2) is 59.3 Å². The summed E-state index contributed by atoms with van der Waals surface area (Å²) >= 11 is 5.96. The third kappa shape index (κ3) is 2.60. The molecule has 0 radical (unpaired) electrons. The number of carbonyl (C=O) groups is 2. The van der Waals surface area contributed by atoms with Gasteiger partial charge in [-0.3, -0.25) is 19.7 Å². The summed E-state index contributed by atoms with van der Waals surface area (Å²) in [5.41, 5.74) is 0.311. The van der Waals surface area contributed by atoms with Crippen LogP contribution in [0, 0.1) is 10.1 Å². The fraction of sp³-hybridized carbons (Fsp3) is 0. The van der Waals surface area contributed by atoms with Gasteiger partial charge in [-0.15, -0.1) is 0 Å². The number of carbonyl (C=O) groups excluding carboxylic acids is 2. The maximum atomic E-state index is 12.4. The number of Topliss-reactive ketones (excluding diaryl/α,β-unsaturated/α-hetero) is 2. The third-order valence-corrected chi connectivity index (χ3v) is 3.63. The van der Waals surface area contributed by atoms with Gasteiger partial charge in [0.15, 0.2) is 5.76 Å². The SMILES string of the molecule is O=C1C(Cl)=C(Oc2ccc([N+](=O)[O-])cc2)C(=O)c2ccccc21. The first-order valence-electron chi connectivity index (χ1n) is 6.49. The number of nitrogens with zero attached hydrogens (tertiary/aromatic N) is 1. The van der Waals surface area contributed by atoms with E-state index < -0.39 is 16.5 Å². The van der Waals surface area contributed by atoms with Crippen molar-refractivity contribution in [3.05, 3.63) is 80.6 Å². The van der Waals surface area contributed by atoms with Crippen LogP contribution in [0.5, 0.6) is 5.75 Å². The van der Waals surface area contributed by atoms with Gasteiger partial charge in [-0.2, -0.15) is 0 Å². The number of ether oxygens (including phenoxy) is 1. The Morgan fingerprint density at radius 1 is 0.913 bits per heavy atom. The molecule has 7 heteroatoms. The van der Waals surface area contributed by atoms with Crippen LogP contribution in [0.2, 0.25) is 0 Å². The van der Waals surface area contributed by atoms with Gasteiger partial charge in [0.1, 0.15) is 10.8 Å². The Bertz CT molecular complexity index is 870. The van der Waals surface area contributed by atoms with Gasteiger partial charge in [0.05, 0.1) is 4.92 Å². The van der Waals surface area contributed by atoms with Crippen LogP contribution < -0.4 is 4.74 Å². The molecule has 2 aromatic carbocycles. The smallest absolute Gasteiger partial charge is 0.269 e. The van der Waals surface area contributed by atoms with Crippen molar-refractivity contribution < 1.29 is 19.2 Å². The number of halogens is 1. The number of non-ortho nitro benzene ring substituents is 1. The zero-order valence-electron chi connectivity index (χ0n) is 11.5. The highest BCUT2D eigenvalue weighted by atomic mass is 35.5. The van der Waals surface area contributed by atoms with E-state index >= 15 is 0 Å². The Labute approximate surface area is 135 Å². The summed E-state index contributed by atoms with van der Waals surface area (Å²) in [6.45, 7) is 0. The summed E-state index contributed by atoms with van der Waals surface area (Å²) < 4.78 is 5.40. The van der Waals surface area contributed by atoms with Crippen molar-refractivity contribution in [2.45, 2.75) is 0 Å². The number of hydrogen-bond acceptors (Lipinski definition) is 5. The van der Waals surface area contributed by atoms with Gasteiger partial charge >= 0.3 is 0 Å². The minimum Gasteiger partial charge on any atom is -0.451 e. The van der Waals surface area contributed by atoms with Crippen LogP contribution in [0.1, 0.15) is 20.7 Å². The van der Waals surface area contributed by atoms with Crippen molar-refractivity contribution in [2.24, 2.45) is 0 Å². The van der Waals surface area contributed by atoms with Crippen LogP contribution >= 0.6 is 11.6 Å². The second kappa shape index (κ2) is 5.66. The summed E-state index contributed by atoms with van der Waals surface area (Å²) in [5.74, 6) is -1.13. The van der Waals surface area contributed by atoms with E-state index in [2.05, 4.69) is 0 Å². The number of rotatable bonds is 3. The minimum atomic E-state index is -0.554. The first kappa shape index (κ1) is 14.9. The van der Waals surface area contributed by atoms with Gasteiger partial charge < -0.3 is 4.74 Å². The number of hydrogen-bond donors (Lipinski definition) is 0. The van der Waals surface area contributed by atoms with Gasteiger partial charge in [-0.1, -0.05) is 35.9 Å². The highest BCUT2D eigenvalue weighted by molar-refractivity contribution is 6.49. The Morgan fingerprint density at radius 2 is 1.48 bits per heavy atom. The fourth-order valence-corrected chi connectivity index (χ4v) is 2.39. The second-order valence-electron chi connectivity index (χ2n) is 4.70. The molecule has 3 rings (SSSR count). The second-order valence-corrected chi connectivity index (χ2v) is 5.08. The summed E-state index contributed by atoms with van der Waals surface area (Å²) in [4.78, 5) is 34.7. The molecule has 6 nitrogen and oxygen atoms in total. The number of allylic oxidation sites excluding steroid dienone is 2. The normalized spacial score (nSPS) is 13.8. The van der Waals surface area contributed by atoms with E-state index in [1.165, 1.54) is 36.4 Å². The highest BCUT2D eigenvalue weighted by Gasteiger charge is 2.33. The van der Waals surface area contributed by atoms with Gasteiger partial charge in [0.2, 0.25) is 11.6 Å². The molecule has 0 spiro atoms. The predicted molar refractivity (Wildman–Crippen MR) is 81.7 cm³/mol. The van der Waals surface area contributed by atoms with E-state index in [0.717, 1.165) is 0 Å². The van der Waals surface area contributed by atoms with E-state index in [1.54, 1.807) is 12.1 Å². The summed E-state index contributed by atoms with van der Waals surface area (Å²) in [5, 5.41) is 10.3. The monoisotopic (exact) mass is 329 g/mol. The standard InChI is InChI=1S/C16H8ClNO5/c17-13-14(19)11-3-1-2-4-12(11)15(20)16(13)23-10-7-5-9(6-8-10)18(21)22/h1-8H. The molecule has 0 unspecified atom stereocenters. The zero-order chi connectivity index (χ0) is 16.6. The Morgan fingerprint density at radius 3 is 2.04 bits per heavy atom. The molecule has 0 saturated carbocycles. The molecule has 114 valence electrons. The summed E-state index contributed by atoms with van der Waals surface area (Å²) in [6.07, 6.45) is 0. The Balaban J connectivity index is 1.96. The van der Waals surface area contributed by atoms with E-state index in [0.29, 0.717) is 0 Å². The molecule has 0 atom stereocenters. The first-order chi connectivity index (χ1) is 11.0. The highest BCUT2D eigenvalue weighted by Crippen LogP contribution is 2.30. The number of fused-ring (bicyclic) bond motifs is 1. The van der Waals surface area contributed by atoms with E-state index in [-0.39, 0.29) is 33.4 Å². The van der Waals surface area contributed by atoms with Crippen LogP contribution in [0.25, 0.3) is 0 Å². The minimum absolute atomic E-state index is 0.117. The van der Waals surface area contributed by atoms with Gasteiger partial charge in [-0.05, 0) is 12.1 Å². The van der Waals surface area contributed by atoms with E-state index in [9.17, 15) is 19.7 Å². The quantitative estimate of drug-likeness (QED) is 0.635. The molecular formula is C16H8ClNO5. The summed E-state index contributed by atoms with van der Waals surface area (Å²) in [6, 6.07) is 11.4. The molecule has 0 amide bonds. The molecule has 0 bridgehead atoms. The largest absolute Gasteiger partial charge is 0.451 e. The third-order valence-electron chi connectivity index (χ3n) is 3.29. The van der Waals surface area contributed by atoms with Crippen LogP contribution in [0.4, 0.5) is 5.69 Å².